The lowest BCUT2D eigenvalue weighted by atomic mass is 10.1. The highest BCUT2D eigenvalue weighted by Crippen LogP contribution is 2.19. The summed E-state index contributed by atoms with van der Waals surface area (Å²) in [6.07, 6.45) is 1.05. The second-order valence-electron chi connectivity index (χ2n) is 4.67. The summed E-state index contributed by atoms with van der Waals surface area (Å²) < 4.78 is 4.60. The first-order chi connectivity index (χ1) is 8.01. The molecule has 17 heavy (non-hydrogen) atoms. The Balaban J connectivity index is 2.65. The highest BCUT2D eigenvalue weighted by Gasteiger charge is 2.38. The smallest absolute Gasteiger partial charge is 0.307 e. The number of carbonyl (C=O) groups excluding carboxylic acids is 2. The molecule has 0 bridgehead atoms. The second-order valence-corrected chi connectivity index (χ2v) is 4.67. The molecule has 0 aromatic carbocycles. The van der Waals surface area contributed by atoms with Crippen molar-refractivity contribution >= 4 is 11.9 Å². The number of esters is 1. The Morgan fingerprint density at radius 1 is 1.53 bits per heavy atom. The number of hydrogen-bond acceptors (Lipinski definition) is 4. The molecule has 0 saturated carbocycles. The van der Waals surface area contributed by atoms with Gasteiger partial charge in [0, 0.05) is 6.54 Å². The van der Waals surface area contributed by atoms with Crippen molar-refractivity contribution < 1.29 is 14.3 Å². The zero-order valence-electron chi connectivity index (χ0n) is 11.0. The number of methoxy groups -OCH3 is 1. The molecule has 2 unspecified atom stereocenters. The van der Waals surface area contributed by atoms with Crippen molar-refractivity contribution in [2.75, 3.05) is 13.7 Å². The van der Waals surface area contributed by atoms with Gasteiger partial charge in [0.2, 0.25) is 5.91 Å². The Morgan fingerprint density at radius 2 is 2.18 bits per heavy atom. The first-order valence-electron chi connectivity index (χ1n) is 6.14. The lowest BCUT2D eigenvalue weighted by Gasteiger charge is -2.26. The van der Waals surface area contributed by atoms with Gasteiger partial charge in [-0.25, -0.2) is 0 Å². The molecule has 5 heteroatoms. The molecule has 0 aromatic heterocycles. The Kier molecular flexibility index (Phi) is 4.93. The van der Waals surface area contributed by atoms with Crippen molar-refractivity contribution in [1.29, 1.82) is 0 Å². The van der Waals surface area contributed by atoms with Crippen LogP contribution < -0.4 is 5.32 Å². The summed E-state index contributed by atoms with van der Waals surface area (Å²) in [4.78, 5) is 24.9. The number of nitrogens with one attached hydrogen (secondary N) is 1. The van der Waals surface area contributed by atoms with E-state index in [9.17, 15) is 9.59 Å². The maximum atomic E-state index is 12.1. The maximum Gasteiger partial charge on any atom is 0.307 e. The third kappa shape index (κ3) is 3.19. The average molecular weight is 242 g/mol. The normalized spacial score (nSPS) is 24.5. The Hall–Kier alpha value is -1.10. The van der Waals surface area contributed by atoms with Gasteiger partial charge in [0.25, 0.3) is 0 Å². The molecule has 0 aliphatic carbocycles. The summed E-state index contributed by atoms with van der Waals surface area (Å²) in [6, 6.07) is -0.111. The topological polar surface area (TPSA) is 58.6 Å². The second kappa shape index (κ2) is 6.00. The molecule has 5 nitrogen and oxygen atoms in total. The SMILES string of the molecule is CCC1NC(C(C)C)N(CCC(=O)OC)C1=O. The van der Waals surface area contributed by atoms with E-state index in [1.54, 1.807) is 4.90 Å². The Morgan fingerprint density at radius 3 is 2.65 bits per heavy atom. The Bertz CT molecular complexity index is 291. The van der Waals surface area contributed by atoms with Gasteiger partial charge in [0.15, 0.2) is 0 Å². The summed E-state index contributed by atoms with van der Waals surface area (Å²) in [5, 5.41) is 3.31. The van der Waals surface area contributed by atoms with Crippen LogP contribution in [0.15, 0.2) is 0 Å². The van der Waals surface area contributed by atoms with Crippen molar-refractivity contribution in [2.24, 2.45) is 5.92 Å². The molecule has 1 N–H and O–H groups in total. The van der Waals surface area contributed by atoms with Crippen LogP contribution >= 0.6 is 0 Å². The third-order valence-corrected chi connectivity index (χ3v) is 3.11. The summed E-state index contributed by atoms with van der Waals surface area (Å²) in [6.45, 7) is 6.54. The lowest BCUT2D eigenvalue weighted by molar-refractivity contribution is -0.141. The predicted octanol–water partition coefficient (Wildman–Crippen LogP) is 0.742. The lowest BCUT2D eigenvalue weighted by Crippen LogP contribution is -2.42. The largest absolute Gasteiger partial charge is 0.469 e. The highest BCUT2D eigenvalue weighted by molar-refractivity contribution is 5.84. The molecule has 0 spiro atoms. The van der Waals surface area contributed by atoms with Gasteiger partial charge in [-0.1, -0.05) is 20.8 Å². The number of ether oxygens (including phenoxy) is 1. The van der Waals surface area contributed by atoms with E-state index in [-0.39, 0.29) is 30.5 Å². The van der Waals surface area contributed by atoms with Gasteiger partial charge in [0.1, 0.15) is 0 Å². The highest BCUT2D eigenvalue weighted by atomic mass is 16.5. The minimum Gasteiger partial charge on any atom is -0.469 e. The van der Waals surface area contributed by atoms with E-state index in [1.165, 1.54) is 7.11 Å². The van der Waals surface area contributed by atoms with E-state index < -0.39 is 0 Å². The summed E-state index contributed by atoms with van der Waals surface area (Å²) in [7, 11) is 1.36. The molecule has 1 amide bonds. The number of hydrogen-bond donors (Lipinski definition) is 1. The van der Waals surface area contributed by atoms with Gasteiger partial charge < -0.3 is 9.64 Å². The fourth-order valence-corrected chi connectivity index (χ4v) is 2.11. The average Bonchev–Trinajstić information content (AvgIpc) is 2.63. The van der Waals surface area contributed by atoms with Gasteiger partial charge >= 0.3 is 5.97 Å². The van der Waals surface area contributed by atoms with Crippen LogP contribution in [-0.4, -0.2) is 42.6 Å². The predicted molar refractivity (Wildman–Crippen MR) is 64.2 cm³/mol. The van der Waals surface area contributed by atoms with Crippen molar-refractivity contribution in [3.05, 3.63) is 0 Å². The zero-order valence-corrected chi connectivity index (χ0v) is 11.0. The van der Waals surface area contributed by atoms with Crippen molar-refractivity contribution in [3.8, 4) is 0 Å². The standard InChI is InChI=1S/C12H22N2O3/c1-5-9-12(16)14(7-6-10(15)17-4)11(13-9)8(2)3/h8-9,11,13H,5-7H2,1-4H3. The maximum absolute atomic E-state index is 12.1. The number of amides is 1. The fourth-order valence-electron chi connectivity index (χ4n) is 2.11. The Labute approximate surface area is 102 Å². The molecule has 1 aliphatic heterocycles. The van der Waals surface area contributed by atoms with Crippen LogP contribution in [0.2, 0.25) is 0 Å². The monoisotopic (exact) mass is 242 g/mol. The van der Waals surface area contributed by atoms with Crippen molar-refractivity contribution in [2.45, 2.75) is 45.8 Å². The van der Waals surface area contributed by atoms with Crippen LogP contribution in [0.4, 0.5) is 0 Å². The van der Waals surface area contributed by atoms with E-state index in [2.05, 4.69) is 23.9 Å². The number of rotatable bonds is 5. The molecule has 1 fully saturated rings. The van der Waals surface area contributed by atoms with Gasteiger partial charge in [0.05, 0.1) is 25.7 Å². The third-order valence-electron chi connectivity index (χ3n) is 3.11. The van der Waals surface area contributed by atoms with Crippen LogP contribution in [0.5, 0.6) is 0 Å². The fraction of sp³-hybridized carbons (Fsp3) is 0.833. The molecule has 1 saturated heterocycles. The van der Waals surface area contributed by atoms with Gasteiger partial charge in [-0.05, 0) is 12.3 Å². The molecule has 0 aromatic rings. The summed E-state index contributed by atoms with van der Waals surface area (Å²) >= 11 is 0. The number of carbonyl (C=O) groups is 2. The van der Waals surface area contributed by atoms with E-state index in [0.717, 1.165) is 6.42 Å². The van der Waals surface area contributed by atoms with Crippen LogP contribution in [0.25, 0.3) is 0 Å². The van der Waals surface area contributed by atoms with Crippen molar-refractivity contribution in [3.63, 3.8) is 0 Å². The van der Waals surface area contributed by atoms with E-state index in [0.29, 0.717) is 12.5 Å². The quantitative estimate of drug-likeness (QED) is 0.722. The van der Waals surface area contributed by atoms with Gasteiger partial charge in [-0.15, -0.1) is 0 Å². The molecule has 98 valence electrons. The molecular weight excluding hydrogens is 220 g/mol. The zero-order chi connectivity index (χ0) is 13.0. The van der Waals surface area contributed by atoms with Gasteiger partial charge in [-0.3, -0.25) is 14.9 Å². The van der Waals surface area contributed by atoms with Crippen LogP contribution in [0.3, 0.4) is 0 Å². The molecule has 1 rings (SSSR count). The van der Waals surface area contributed by atoms with Gasteiger partial charge in [-0.2, -0.15) is 0 Å². The van der Waals surface area contributed by atoms with E-state index in [4.69, 9.17) is 0 Å². The number of nitrogens with zero attached hydrogens (tertiary/aromatic N) is 1. The van der Waals surface area contributed by atoms with Crippen LogP contribution in [-0.2, 0) is 14.3 Å². The van der Waals surface area contributed by atoms with E-state index in [1.807, 2.05) is 6.92 Å². The first-order valence-corrected chi connectivity index (χ1v) is 6.14. The summed E-state index contributed by atoms with van der Waals surface area (Å²) in [5.41, 5.74) is 0. The minimum absolute atomic E-state index is 0.0251. The molecule has 1 aliphatic rings. The minimum atomic E-state index is -0.278. The molecular formula is C12H22N2O3. The molecule has 1 heterocycles. The van der Waals surface area contributed by atoms with E-state index >= 15 is 0 Å². The summed E-state index contributed by atoms with van der Waals surface area (Å²) in [5.74, 6) is 0.142. The van der Waals surface area contributed by atoms with Crippen molar-refractivity contribution in [1.82, 2.24) is 10.2 Å². The van der Waals surface area contributed by atoms with Crippen LogP contribution in [0, 0.1) is 5.92 Å². The first kappa shape index (κ1) is 14.0. The molecule has 2 atom stereocenters. The molecule has 0 radical (unpaired) electrons. The van der Waals surface area contributed by atoms with Crippen LogP contribution in [0.1, 0.15) is 33.6 Å².